The summed E-state index contributed by atoms with van der Waals surface area (Å²) < 4.78 is 0. The van der Waals surface area contributed by atoms with E-state index < -0.39 is 18.4 Å². The van der Waals surface area contributed by atoms with Crippen molar-refractivity contribution in [1.82, 2.24) is 15.5 Å². The van der Waals surface area contributed by atoms with Gasteiger partial charge in [-0.25, -0.2) is 0 Å². The van der Waals surface area contributed by atoms with Crippen LogP contribution >= 0.6 is 0 Å². The minimum atomic E-state index is -0.761. The normalized spacial score (nSPS) is 12.9. The second-order valence-electron chi connectivity index (χ2n) is 13.0. The van der Waals surface area contributed by atoms with E-state index in [1.54, 1.807) is 0 Å². The molecule has 0 saturated heterocycles. The predicted molar refractivity (Wildman–Crippen MR) is 188 cm³/mol. The zero-order chi connectivity index (χ0) is 32.7. The first-order chi connectivity index (χ1) is 21.3. The van der Waals surface area contributed by atoms with Gasteiger partial charge in [-0.3, -0.25) is 14.9 Å². The van der Waals surface area contributed by atoms with Crippen LogP contribution in [0.2, 0.25) is 0 Å². The molecule has 2 amide bonds. The zero-order valence-corrected chi connectivity index (χ0v) is 29.1. The largest absolute Gasteiger partial charge is 0.353 e. The number of unbranched alkanes of at least 4 members (excludes halogenated alkanes) is 20. The van der Waals surface area contributed by atoms with Crippen LogP contribution in [0.3, 0.4) is 0 Å². The van der Waals surface area contributed by atoms with Crippen LogP contribution in [0, 0.1) is 0 Å². The first kappa shape index (κ1) is 42.7. The van der Waals surface area contributed by atoms with Gasteiger partial charge >= 0.3 is 0 Å². The third-order valence-corrected chi connectivity index (χ3v) is 8.60. The highest BCUT2D eigenvalue weighted by molar-refractivity contribution is 5.84. The Morgan fingerprint density at radius 2 is 0.932 bits per heavy atom. The van der Waals surface area contributed by atoms with Crippen LogP contribution < -0.4 is 33.6 Å². The molecule has 0 radical (unpaired) electrons. The average Bonchev–Trinajstić information content (AvgIpc) is 3.01. The molecular formula is C35H75N7O2. The second kappa shape index (κ2) is 31.7. The van der Waals surface area contributed by atoms with Gasteiger partial charge in [-0.05, 0) is 32.2 Å². The van der Waals surface area contributed by atoms with Crippen LogP contribution in [0.15, 0.2) is 0 Å². The van der Waals surface area contributed by atoms with E-state index in [1.807, 2.05) is 4.90 Å². The minimum absolute atomic E-state index is 0.0704. The number of rotatable bonds is 33. The Kier molecular flexibility index (Phi) is 30.8. The van der Waals surface area contributed by atoms with Gasteiger partial charge in [-0.2, -0.15) is 0 Å². The molecule has 10 N–H and O–H groups in total. The molecule has 0 aliphatic heterocycles. The summed E-state index contributed by atoms with van der Waals surface area (Å²) in [7, 11) is 0. The van der Waals surface area contributed by atoms with Gasteiger partial charge in [0.1, 0.15) is 12.3 Å². The van der Waals surface area contributed by atoms with Crippen molar-refractivity contribution in [2.75, 3.05) is 26.2 Å². The van der Waals surface area contributed by atoms with Crippen LogP contribution in [-0.2, 0) is 9.59 Å². The topological polar surface area (TPSA) is 166 Å². The van der Waals surface area contributed by atoms with E-state index in [9.17, 15) is 9.59 Å². The lowest BCUT2D eigenvalue weighted by atomic mass is 10.0. The summed E-state index contributed by atoms with van der Waals surface area (Å²) in [5.74, 6) is -0.355. The molecule has 0 heterocycles. The SMILES string of the molecule is CCCCCCCCCCCCCCN(CCCCCCCCCCCC)C(=O)C(N)CNC(=O)C(N)CCCNC(N)N. The third kappa shape index (κ3) is 27.1. The van der Waals surface area contributed by atoms with E-state index >= 15 is 0 Å². The molecule has 2 unspecified atom stereocenters. The maximum Gasteiger partial charge on any atom is 0.241 e. The summed E-state index contributed by atoms with van der Waals surface area (Å²) in [5.41, 5.74) is 23.3. The highest BCUT2D eigenvalue weighted by Crippen LogP contribution is 2.14. The van der Waals surface area contributed by atoms with Gasteiger partial charge < -0.3 is 33.2 Å². The predicted octanol–water partition coefficient (Wildman–Crippen LogP) is 5.78. The molecule has 262 valence electrons. The molecule has 0 fully saturated rings. The third-order valence-electron chi connectivity index (χ3n) is 8.60. The Labute approximate surface area is 272 Å². The van der Waals surface area contributed by atoms with Gasteiger partial charge in [0.2, 0.25) is 11.8 Å². The standard InChI is InChI=1S/C35H75N7O2/c1-3-5-7-9-11-13-15-16-18-20-22-24-29-42(28-23-21-19-17-14-12-10-8-6-4-2)34(44)32(37)30-41-33(43)31(36)26-25-27-40-35(38)39/h31-32,35,40H,3-30,36-39H2,1-2H3,(H,41,43). The molecule has 9 nitrogen and oxygen atoms in total. The number of nitrogens with one attached hydrogen (secondary N) is 2. The van der Waals surface area contributed by atoms with E-state index in [2.05, 4.69) is 24.5 Å². The lowest BCUT2D eigenvalue weighted by molar-refractivity contribution is -0.133. The molecule has 44 heavy (non-hydrogen) atoms. The Hall–Kier alpha value is -1.26. The number of amides is 2. The van der Waals surface area contributed by atoms with Crippen molar-refractivity contribution in [3.05, 3.63) is 0 Å². The van der Waals surface area contributed by atoms with Gasteiger partial charge in [0.15, 0.2) is 0 Å². The molecular weight excluding hydrogens is 550 g/mol. The molecule has 9 heteroatoms. The van der Waals surface area contributed by atoms with Gasteiger partial charge in [-0.1, -0.05) is 142 Å². The number of hydrogen-bond donors (Lipinski definition) is 6. The Morgan fingerprint density at radius 3 is 1.32 bits per heavy atom. The second-order valence-corrected chi connectivity index (χ2v) is 13.0. The lowest BCUT2D eigenvalue weighted by Crippen LogP contribution is -2.52. The molecule has 0 aromatic heterocycles. The molecule has 0 rings (SSSR count). The molecule has 0 spiro atoms. The summed E-state index contributed by atoms with van der Waals surface area (Å²) in [5, 5.41) is 5.68. The van der Waals surface area contributed by atoms with Crippen molar-refractivity contribution < 1.29 is 9.59 Å². The number of hydrogen-bond acceptors (Lipinski definition) is 7. The van der Waals surface area contributed by atoms with Crippen LogP contribution in [0.25, 0.3) is 0 Å². The molecule has 2 atom stereocenters. The van der Waals surface area contributed by atoms with Gasteiger partial charge in [0.25, 0.3) is 0 Å². The fraction of sp³-hybridized carbons (Fsp3) is 0.943. The molecule has 0 aromatic carbocycles. The Bertz CT molecular complexity index is 651. The van der Waals surface area contributed by atoms with E-state index in [0.717, 1.165) is 38.8 Å². The molecule has 0 bridgehead atoms. The van der Waals surface area contributed by atoms with Crippen molar-refractivity contribution >= 4 is 11.8 Å². The van der Waals surface area contributed by atoms with Gasteiger partial charge in [0, 0.05) is 19.6 Å². The fourth-order valence-corrected chi connectivity index (χ4v) is 5.65. The Balaban J connectivity index is 4.46. The van der Waals surface area contributed by atoms with E-state index in [0.29, 0.717) is 19.4 Å². The highest BCUT2D eigenvalue weighted by atomic mass is 16.2. The Morgan fingerprint density at radius 1 is 0.545 bits per heavy atom. The lowest BCUT2D eigenvalue weighted by Gasteiger charge is -2.26. The summed E-state index contributed by atoms with van der Waals surface area (Å²) in [6.07, 6.45) is 28.8. The van der Waals surface area contributed by atoms with Crippen LogP contribution in [0.4, 0.5) is 0 Å². The molecule has 0 aromatic rings. The van der Waals surface area contributed by atoms with Gasteiger partial charge in [-0.15, -0.1) is 0 Å². The number of nitrogens with zero attached hydrogens (tertiary/aromatic N) is 1. The average molecular weight is 626 g/mol. The smallest absolute Gasteiger partial charge is 0.241 e. The van der Waals surface area contributed by atoms with Crippen molar-refractivity contribution in [1.29, 1.82) is 0 Å². The summed E-state index contributed by atoms with van der Waals surface area (Å²) >= 11 is 0. The zero-order valence-electron chi connectivity index (χ0n) is 29.1. The monoisotopic (exact) mass is 626 g/mol. The van der Waals surface area contributed by atoms with Crippen molar-refractivity contribution in [2.45, 2.75) is 186 Å². The fourth-order valence-electron chi connectivity index (χ4n) is 5.65. The van der Waals surface area contributed by atoms with E-state index in [4.69, 9.17) is 22.9 Å². The van der Waals surface area contributed by atoms with Crippen molar-refractivity contribution in [3.8, 4) is 0 Å². The molecule has 0 saturated carbocycles. The summed E-state index contributed by atoms with van der Waals surface area (Å²) in [4.78, 5) is 27.7. The first-order valence-electron chi connectivity index (χ1n) is 18.7. The van der Waals surface area contributed by atoms with Crippen LogP contribution in [-0.4, -0.2) is 61.3 Å². The first-order valence-corrected chi connectivity index (χ1v) is 18.7. The maximum atomic E-state index is 13.3. The number of carbonyl (C=O) groups is 2. The minimum Gasteiger partial charge on any atom is -0.353 e. The molecule has 0 aliphatic carbocycles. The quantitative estimate of drug-likeness (QED) is 0.0397. The van der Waals surface area contributed by atoms with E-state index in [-0.39, 0.29) is 18.4 Å². The van der Waals surface area contributed by atoms with Crippen molar-refractivity contribution in [3.63, 3.8) is 0 Å². The summed E-state index contributed by atoms with van der Waals surface area (Å²) in [6.45, 7) is 6.69. The van der Waals surface area contributed by atoms with Gasteiger partial charge in [0.05, 0.1) is 6.04 Å². The van der Waals surface area contributed by atoms with Crippen LogP contribution in [0.1, 0.15) is 168 Å². The van der Waals surface area contributed by atoms with Crippen molar-refractivity contribution in [2.24, 2.45) is 22.9 Å². The number of nitrogens with two attached hydrogens (primary N) is 4. The summed E-state index contributed by atoms with van der Waals surface area (Å²) in [6, 6.07) is -1.42. The van der Waals surface area contributed by atoms with E-state index in [1.165, 1.54) is 116 Å². The maximum absolute atomic E-state index is 13.3. The number of carbonyl (C=O) groups excluding carboxylic acids is 2. The molecule has 0 aliphatic rings. The van der Waals surface area contributed by atoms with Crippen LogP contribution in [0.5, 0.6) is 0 Å². The highest BCUT2D eigenvalue weighted by Gasteiger charge is 2.22.